The Kier molecular flexibility index (Phi) is 4.45. The SMILES string of the molecule is CC(c1ccc(N)cc1)N1CC(O)CC1CN(C)C. The van der Waals surface area contributed by atoms with E-state index in [9.17, 15) is 5.11 Å². The molecule has 0 aromatic heterocycles. The van der Waals surface area contributed by atoms with E-state index in [4.69, 9.17) is 5.73 Å². The van der Waals surface area contributed by atoms with Crippen LogP contribution in [0.25, 0.3) is 0 Å². The molecule has 1 aliphatic heterocycles. The van der Waals surface area contributed by atoms with E-state index in [-0.39, 0.29) is 6.10 Å². The van der Waals surface area contributed by atoms with Crippen molar-refractivity contribution in [1.82, 2.24) is 9.80 Å². The minimum absolute atomic E-state index is 0.207. The van der Waals surface area contributed by atoms with Gasteiger partial charge in [-0.05, 0) is 45.1 Å². The summed E-state index contributed by atoms with van der Waals surface area (Å²) in [6.45, 7) is 3.94. The Bertz CT molecular complexity index is 404. The predicted molar refractivity (Wildman–Crippen MR) is 78.9 cm³/mol. The van der Waals surface area contributed by atoms with Crippen molar-refractivity contribution < 1.29 is 5.11 Å². The summed E-state index contributed by atoms with van der Waals surface area (Å²) in [7, 11) is 4.16. The minimum Gasteiger partial charge on any atom is -0.399 e. The fourth-order valence-corrected chi connectivity index (χ4v) is 2.96. The molecule has 106 valence electrons. The minimum atomic E-state index is -0.207. The molecule has 2 rings (SSSR count). The molecule has 1 fully saturated rings. The van der Waals surface area contributed by atoms with Gasteiger partial charge in [0.05, 0.1) is 6.10 Å². The number of nitrogens with two attached hydrogens (primary N) is 1. The first-order chi connectivity index (χ1) is 8.97. The Morgan fingerprint density at radius 2 is 2.00 bits per heavy atom. The number of aliphatic hydroxyl groups excluding tert-OH is 1. The lowest BCUT2D eigenvalue weighted by molar-refractivity contribution is 0.144. The lowest BCUT2D eigenvalue weighted by atomic mass is 10.1. The number of nitrogen functional groups attached to an aromatic ring is 1. The topological polar surface area (TPSA) is 52.7 Å². The second-order valence-corrected chi connectivity index (χ2v) is 5.85. The van der Waals surface area contributed by atoms with Crippen LogP contribution >= 0.6 is 0 Å². The summed E-state index contributed by atoms with van der Waals surface area (Å²) in [5.74, 6) is 0. The van der Waals surface area contributed by atoms with Gasteiger partial charge >= 0.3 is 0 Å². The summed E-state index contributed by atoms with van der Waals surface area (Å²) in [6.07, 6.45) is 0.651. The van der Waals surface area contributed by atoms with Crippen LogP contribution in [0.3, 0.4) is 0 Å². The normalized spacial score (nSPS) is 25.9. The van der Waals surface area contributed by atoms with Gasteiger partial charge in [0.2, 0.25) is 0 Å². The molecule has 0 amide bonds. The zero-order valence-corrected chi connectivity index (χ0v) is 12.1. The molecule has 4 nitrogen and oxygen atoms in total. The zero-order chi connectivity index (χ0) is 14.0. The van der Waals surface area contributed by atoms with E-state index in [1.165, 1.54) is 5.56 Å². The van der Waals surface area contributed by atoms with Crippen molar-refractivity contribution in [3.05, 3.63) is 29.8 Å². The van der Waals surface area contributed by atoms with Crippen LogP contribution in [-0.4, -0.2) is 54.2 Å². The van der Waals surface area contributed by atoms with Crippen molar-refractivity contribution >= 4 is 5.69 Å². The molecule has 1 aromatic rings. The molecule has 4 heteroatoms. The lowest BCUT2D eigenvalue weighted by Gasteiger charge is -2.32. The van der Waals surface area contributed by atoms with E-state index in [1.807, 2.05) is 12.1 Å². The third-order valence-corrected chi connectivity index (χ3v) is 3.93. The maximum Gasteiger partial charge on any atom is 0.0682 e. The quantitative estimate of drug-likeness (QED) is 0.805. The van der Waals surface area contributed by atoms with Crippen molar-refractivity contribution in [2.45, 2.75) is 31.5 Å². The number of likely N-dealkylation sites (N-methyl/N-ethyl adjacent to an activating group) is 1. The van der Waals surface area contributed by atoms with Crippen LogP contribution in [-0.2, 0) is 0 Å². The Morgan fingerprint density at radius 1 is 1.37 bits per heavy atom. The standard InChI is InChI=1S/C15H25N3O/c1-11(12-4-6-13(16)7-5-12)18-10-15(19)8-14(18)9-17(2)3/h4-7,11,14-15,19H,8-10,16H2,1-3H3. The first-order valence-corrected chi connectivity index (χ1v) is 6.91. The smallest absolute Gasteiger partial charge is 0.0682 e. The van der Waals surface area contributed by atoms with Gasteiger partial charge in [0, 0.05) is 30.9 Å². The first kappa shape index (κ1) is 14.3. The highest BCUT2D eigenvalue weighted by Crippen LogP contribution is 2.29. The largest absolute Gasteiger partial charge is 0.399 e. The second kappa shape index (κ2) is 5.90. The fourth-order valence-electron chi connectivity index (χ4n) is 2.96. The molecule has 0 radical (unpaired) electrons. The van der Waals surface area contributed by atoms with Crippen molar-refractivity contribution in [1.29, 1.82) is 0 Å². The van der Waals surface area contributed by atoms with Gasteiger partial charge in [-0.1, -0.05) is 12.1 Å². The molecule has 0 aliphatic carbocycles. The average molecular weight is 263 g/mol. The van der Waals surface area contributed by atoms with E-state index in [0.29, 0.717) is 12.1 Å². The van der Waals surface area contributed by atoms with Crippen molar-refractivity contribution in [2.75, 3.05) is 32.9 Å². The van der Waals surface area contributed by atoms with Gasteiger partial charge in [-0.25, -0.2) is 0 Å². The van der Waals surface area contributed by atoms with Gasteiger partial charge in [0.1, 0.15) is 0 Å². The molecule has 1 saturated heterocycles. The number of benzene rings is 1. The van der Waals surface area contributed by atoms with Gasteiger partial charge in [-0.15, -0.1) is 0 Å². The molecule has 0 spiro atoms. The number of anilines is 1. The maximum atomic E-state index is 9.94. The third-order valence-electron chi connectivity index (χ3n) is 3.93. The number of rotatable bonds is 4. The number of likely N-dealkylation sites (tertiary alicyclic amines) is 1. The van der Waals surface area contributed by atoms with Crippen LogP contribution in [0.15, 0.2) is 24.3 Å². The van der Waals surface area contributed by atoms with Crippen LogP contribution in [0.2, 0.25) is 0 Å². The highest BCUT2D eigenvalue weighted by Gasteiger charge is 2.34. The van der Waals surface area contributed by atoms with Crippen LogP contribution in [0, 0.1) is 0 Å². The number of hydrogen-bond acceptors (Lipinski definition) is 4. The van der Waals surface area contributed by atoms with E-state index < -0.39 is 0 Å². The van der Waals surface area contributed by atoms with E-state index in [0.717, 1.165) is 25.2 Å². The van der Waals surface area contributed by atoms with Crippen LogP contribution < -0.4 is 5.73 Å². The fraction of sp³-hybridized carbons (Fsp3) is 0.600. The molecule has 0 saturated carbocycles. The molecule has 3 N–H and O–H groups in total. The van der Waals surface area contributed by atoms with E-state index in [1.54, 1.807) is 0 Å². The Hall–Kier alpha value is -1.10. The number of hydrogen-bond donors (Lipinski definition) is 2. The van der Waals surface area contributed by atoms with Crippen molar-refractivity contribution in [3.63, 3.8) is 0 Å². The van der Waals surface area contributed by atoms with Crippen LogP contribution in [0.4, 0.5) is 5.69 Å². The zero-order valence-electron chi connectivity index (χ0n) is 12.1. The van der Waals surface area contributed by atoms with Gasteiger partial charge in [-0.2, -0.15) is 0 Å². The summed E-state index contributed by atoms with van der Waals surface area (Å²) < 4.78 is 0. The Labute approximate surface area is 115 Å². The lowest BCUT2D eigenvalue weighted by Crippen LogP contribution is -2.39. The summed E-state index contributed by atoms with van der Waals surface area (Å²) in [5, 5.41) is 9.94. The van der Waals surface area contributed by atoms with Crippen molar-refractivity contribution in [2.24, 2.45) is 0 Å². The molecule has 19 heavy (non-hydrogen) atoms. The van der Waals surface area contributed by atoms with E-state index >= 15 is 0 Å². The second-order valence-electron chi connectivity index (χ2n) is 5.85. The summed E-state index contributed by atoms with van der Waals surface area (Å²) >= 11 is 0. The molecule has 3 unspecified atom stereocenters. The van der Waals surface area contributed by atoms with Gasteiger partial charge in [0.15, 0.2) is 0 Å². The van der Waals surface area contributed by atoms with Crippen LogP contribution in [0.5, 0.6) is 0 Å². The Morgan fingerprint density at radius 3 is 2.58 bits per heavy atom. The molecule has 3 atom stereocenters. The Balaban J connectivity index is 2.11. The first-order valence-electron chi connectivity index (χ1n) is 6.91. The van der Waals surface area contributed by atoms with E-state index in [2.05, 4.69) is 43.0 Å². The summed E-state index contributed by atoms with van der Waals surface area (Å²) in [4.78, 5) is 4.58. The summed E-state index contributed by atoms with van der Waals surface area (Å²) in [6, 6.07) is 8.77. The van der Waals surface area contributed by atoms with Crippen molar-refractivity contribution in [3.8, 4) is 0 Å². The molecule has 1 heterocycles. The van der Waals surface area contributed by atoms with Crippen LogP contribution in [0.1, 0.15) is 24.9 Å². The molecule has 1 aliphatic rings. The molecular weight excluding hydrogens is 238 g/mol. The predicted octanol–water partition coefficient (Wildman–Crippen LogP) is 1.33. The highest BCUT2D eigenvalue weighted by atomic mass is 16.3. The van der Waals surface area contributed by atoms with Gasteiger partial charge in [0.25, 0.3) is 0 Å². The maximum absolute atomic E-state index is 9.94. The molecular formula is C15H25N3O. The monoisotopic (exact) mass is 263 g/mol. The number of β-amino-alcohol motifs (C(OH)–C–C–N with tert-alkyl or cyclic N) is 1. The number of aliphatic hydroxyl groups is 1. The third kappa shape index (κ3) is 3.47. The van der Waals surface area contributed by atoms with Gasteiger partial charge in [-0.3, -0.25) is 4.90 Å². The summed E-state index contributed by atoms with van der Waals surface area (Å²) in [5.41, 5.74) is 7.79. The molecule has 0 bridgehead atoms. The number of nitrogens with zero attached hydrogens (tertiary/aromatic N) is 2. The molecule has 1 aromatic carbocycles. The van der Waals surface area contributed by atoms with Gasteiger partial charge < -0.3 is 15.7 Å². The highest BCUT2D eigenvalue weighted by molar-refractivity contribution is 5.40. The average Bonchev–Trinajstić information content (AvgIpc) is 2.69.